The van der Waals surface area contributed by atoms with E-state index in [4.69, 9.17) is 5.73 Å². The van der Waals surface area contributed by atoms with E-state index in [-0.39, 0.29) is 11.6 Å². The van der Waals surface area contributed by atoms with Crippen molar-refractivity contribution < 1.29 is 9.18 Å². The standard InChI is InChI=1S/C23H20FN3O/c1-14-5-7-15(8-6-14)21-18(13-25)23(26)27(17-11-9-16(24)10-12-17)19-3-2-4-20(28)22(19)21/h5-12,21H,2-4,26H2,1H3. The normalized spacial score (nSPS) is 19.5. The van der Waals surface area contributed by atoms with Crippen molar-refractivity contribution in [3.8, 4) is 6.07 Å². The van der Waals surface area contributed by atoms with Crippen molar-refractivity contribution in [3.63, 3.8) is 0 Å². The molecule has 2 N–H and O–H groups in total. The lowest BCUT2D eigenvalue weighted by atomic mass is 9.75. The summed E-state index contributed by atoms with van der Waals surface area (Å²) in [6, 6.07) is 16.0. The number of aryl methyl sites for hydroxylation is 1. The number of benzene rings is 2. The average Bonchev–Trinajstić information content (AvgIpc) is 2.69. The number of halogens is 1. The highest BCUT2D eigenvalue weighted by molar-refractivity contribution is 6.01. The van der Waals surface area contributed by atoms with Gasteiger partial charge in [0.05, 0.1) is 17.6 Å². The highest BCUT2D eigenvalue weighted by atomic mass is 19.1. The third kappa shape index (κ3) is 2.87. The number of Topliss-reactive ketones (excluding diaryl/α,β-unsaturated/α-hetero) is 1. The Hall–Kier alpha value is -3.39. The second-order valence-electron chi connectivity index (χ2n) is 7.20. The van der Waals surface area contributed by atoms with Crippen LogP contribution in [0.4, 0.5) is 10.1 Å². The van der Waals surface area contributed by atoms with Crippen LogP contribution in [0.25, 0.3) is 0 Å². The number of carbonyl (C=O) groups is 1. The molecular formula is C23H20FN3O. The fourth-order valence-electron chi connectivity index (χ4n) is 4.06. The third-order valence-electron chi connectivity index (χ3n) is 5.41. The van der Waals surface area contributed by atoms with E-state index in [2.05, 4.69) is 6.07 Å². The molecule has 1 aliphatic heterocycles. The van der Waals surface area contributed by atoms with Gasteiger partial charge in [-0.05, 0) is 49.6 Å². The summed E-state index contributed by atoms with van der Waals surface area (Å²) < 4.78 is 13.4. The molecule has 0 saturated heterocycles. The van der Waals surface area contributed by atoms with Gasteiger partial charge in [-0.25, -0.2) is 4.39 Å². The Bertz CT molecular complexity index is 1040. The summed E-state index contributed by atoms with van der Waals surface area (Å²) in [6.45, 7) is 1.99. The first kappa shape index (κ1) is 18.0. The maximum absolute atomic E-state index is 13.4. The van der Waals surface area contributed by atoms with Crippen LogP contribution >= 0.6 is 0 Å². The molecule has 28 heavy (non-hydrogen) atoms. The number of anilines is 1. The molecule has 140 valence electrons. The van der Waals surface area contributed by atoms with E-state index in [0.29, 0.717) is 35.5 Å². The molecule has 4 rings (SSSR count). The van der Waals surface area contributed by atoms with Crippen molar-refractivity contribution in [3.05, 3.63) is 88.1 Å². The SMILES string of the molecule is Cc1ccc(C2C(C#N)=C(N)N(c3ccc(F)cc3)C3=C2C(=O)CCC3)cc1. The molecule has 1 unspecified atom stereocenters. The number of hydrogen-bond acceptors (Lipinski definition) is 4. The number of ketones is 1. The highest BCUT2D eigenvalue weighted by Crippen LogP contribution is 2.46. The van der Waals surface area contributed by atoms with Gasteiger partial charge in [0.25, 0.3) is 0 Å². The molecule has 2 aromatic rings. The summed E-state index contributed by atoms with van der Waals surface area (Å²) in [7, 11) is 0. The summed E-state index contributed by atoms with van der Waals surface area (Å²) in [5.41, 5.74) is 10.9. The average molecular weight is 373 g/mol. The van der Waals surface area contributed by atoms with E-state index in [9.17, 15) is 14.4 Å². The third-order valence-corrected chi connectivity index (χ3v) is 5.41. The van der Waals surface area contributed by atoms with Gasteiger partial charge in [-0.2, -0.15) is 5.26 Å². The zero-order chi connectivity index (χ0) is 19.8. The van der Waals surface area contributed by atoms with Crippen LogP contribution in [-0.4, -0.2) is 5.78 Å². The van der Waals surface area contributed by atoms with Crippen LogP contribution in [0.3, 0.4) is 0 Å². The van der Waals surface area contributed by atoms with Gasteiger partial charge in [0.1, 0.15) is 11.6 Å². The molecule has 0 radical (unpaired) electrons. The smallest absolute Gasteiger partial charge is 0.161 e. The van der Waals surface area contributed by atoms with Crippen molar-refractivity contribution in [1.29, 1.82) is 5.26 Å². The molecule has 2 aliphatic rings. The lowest BCUT2D eigenvalue weighted by Crippen LogP contribution is -2.38. The number of nitriles is 1. The van der Waals surface area contributed by atoms with Gasteiger partial charge in [0, 0.05) is 23.4 Å². The number of carbonyl (C=O) groups excluding carboxylic acids is 1. The van der Waals surface area contributed by atoms with Crippen molar-refractivity contribution in [2.75, 3.05) is 4.90 Å². The first-order chi connectivity index (χ1) is 13.5. The lowest BCUT2D eigenvalue weighted by Gasteiger charge is -2.39. The predicted octanol–water partition coefficient (Wildman–Crippen LogP) is 4.44. The van der Waals surface area contributed by atoms with Gasteiger partial charge >= 0.3 is 0 Å². The molecule has 0 saturated carbocycles. The molecule has 0 bridgehead atoms. The Balaban J connectivity index is 1.95. The summed E-state index contributed by atoms with van der Waals surface area (Å²) in [5.74, 6) is -0.479. The Labute approximate surface area is 163 Å². The summed E-state index contributed by atoms with van der Waals surface area (Å²) >= 11 is 0. The van der Waals surface area contributed by atoms with Crippen LogP contribution in [0.2, 0.25) is 0 Å². The van der Waals surface area contributed by atoms with E-state index >= 15 is 0 Å². The Morgan fingerprint density at radius 2 is 1.79 bits per heavy atom. The topological polar surface area (TPSA) is 70.1 Å². The maximum atomic E-state index is 13.4. The minimum Gasteiger partial charge on any atom is -0.384 e. The van der Waals surface area contributed by atoms with E-state index in [1.54, 1.807) is 17.0 Å². The van der Waals surface area contributed by atoms with Crippen LogP contribution in [-0.2, 0) is 4.79 Å². The Morgan fingerprint density at radius 1 is 1.11 bits per heavy atom. The van der Waals surface area contributed by atoms with Crippen LogP contribution < -0.4 is 10.6 Å². The van der Waals surface area contributed by atoms with Crippen LogP contribution in [0.15, 0.2) is 71.2 Å². The molecule has 4 nitrogen and oxygen atoms in total. The van der Waals surface area contributed by atoms with Crippen LogP contribution in [0, 0.1) is 24.1 Å². The number of allylic oxidation sites excluding steroid dienone is 3. The van der Waals surface area contributed by atoms with Crippen molar-refractivity contribution in [2.45, 2.75) is 32.1 Å². The summed E-state index contributed by atoms with van der Waals surface area (Å²) in [6.07, 6.45) is 1.86. The number of nitrogens with two attached hydrogens (primary N) is 1. The summed E-state index contributed by atoms with van der Waals surface area (Å²) in [5, 5.41) is 9.92. The zero-order valence-electron chi connectivity index (χ0n) is 15.6. The minimum atomic E-state index is -0.468. The second kappa shape index (κ2) is 6.97. The molecular weight excluding hydrogens is 353 g/mol. The number of hydrogen-bond donors (Lipinski definition) is 1. The van der Waals surface area contributed by atoms with E-state index < -0.39 is 5.92 Å². The monoisotopic (exact) mass is 373 g/mol. The van der Waals surface area contributed by atoms with Gasteiger partial charge in [0.2, 0.25) is 0 Å². The van der Waals surface area contributed by atoms with Crippen molar-refractivity contribution >= 4 is 11.5 Å². The Kier molecular flexibility index (Phi) is 4.48. The quantitative estimate of drug-likeness (QED) is 0.845. The molecule has 1 atom stereocenters. The van der Waals surface area contributed by atoms with E-state index in [1.807, 2.05) is 31.2 Å². The molecule has 1 aliphatic carbocycles. The van der Waals surface area contributed by atoms with Crippen LogP contribution in [0.1, 0.15) is 36.3 Å². The second-order valence-corrected chi connectivity index (χ2v) is 7.20. The Morgan fingerprint density at radius 3 is 2.43 bits per heavy atom. The number of rotatable bonds is 2. The minimum absolute atomic E-state index is 0.0409. The van der Waals surface area contributed by atoms with E-state index in [0.717, 1.165) is 23.2 Å². The first-order valence-corrected chi connectivity index (χ1v) is 9.29. The lowest BCUT2D eigenvalue weighted by molar-refractivity contribution is -0.116. The van der Waals surface area contributed by atoms with Gasteiger partial charge in [-0.3, -0.25) is 9.69 Å². The highest BCUT2D eigenvalue weighted by Gasteiger charge is 2.40. The predicted molar refractivity (Wildman–Crippen MR) is 106 cm³/mol. The van der Waals surface area contributed by atoms with Gasteiger partial charge < -0.3 is 5.73 Å². The fourth-order valence-corrected chi connectivity index (χ4v) is 4.06. The van der Waals surface area contributed by atoms with Gasteiger partial charge in [-0.1, -0.05) is 29.8 Å². The van der Waals surface area contributed by atoms with Gasteiger partial charge in [-0.15, -0.1) is 0 Å². The molecule has 1 heterocycles. The van der Waals surface area contributed by atoms with Crippen molar-refractivity contribution in [1.82, 2.24) is 0 Å². The summed E-state index contributed by atoms with van der Waals surface area (Å²) in [4.78, 5) is 14.7. The van der Waals surface area contributed by atoms with Crippen molar-refractivity contribution in [2.24, 2.45) is 5.73 Å². The molecule has 5 heteroatoms. The van der Waals surface area contributed by atoms with E-state index in [1.165, 1.54) is 12.1 Å². The fraction of sp³-hybridized carbons (Fsp3) is 0.217. The molecule has 0 amide bonds. The largest absolute Gasteiger partial charge is 0.384 e. The number of nitrogens with zero attached hydrogens (tertiary/aromatic N) is 2. The molecule has 0 fully saturated rings. The molecule has 0 spiro atoms. The van der Waals surface area contributed by atoms with Crippen LogP contribution in [0.5, 0.6) is 0 Å². The van der Waals surface area contributed by atoms with Gasteiger partial charge in [0.15, 0.2) is 5.78 Å². The first-order valence-electron chi connectivity index (χ1n) is 9.29. The maximum Gasteiger partial charge on any atom is 0.161 e. The zero-order valence-corrected chi connectivity index (χ0v) is 15.6. The molecule has 2 aromatic carbocycles. The molecule has 0 aromatic heterocycles.